The predicted molar refractivity (Wildman–Crippen MR) is 89.9 cm³/mol. The van der Waals surface area contributed by atoms with Gasteiger partial charge in [-0.05, 0) is 37.0 Å². The van der Waals surface area contributed by atoms with Crippen molar-refractivity contribution < 1.29 is 0 Å². The Bertz CT molecular complexity index is 524. The van der Waals surface area contributed by atoms with Crippen LogP contribution in [0.25, 0.3) is 0 Å². The molecule has 0 amide bonds. The molecule has 0 fully saturated rings. The molecule has 0 bridgehead atoms. The monoisotopic (exact) mass is 331 g/mol. The first-order valence-electron chi connectivity index (χ1n) is 7.25. The van der Waals surface area contributed by atoms with E-state index >= 15 is 0 Å². The van der Waals surface area contributed by atoms with E-state index in [1.54, 1.807) is 0 Å². The number of hydrogen-bond acceptors (Lipinski definition) is 1. The Kier molecular flexibility index (Phi) is 5.81. The maximum absolute atomic E-state index is 3.74. The van der Waals surface area contributed by atoms with Crippen molar-refractivity contribution in [3.63, 3.8) is 0 Å². The van der Waals surface area contributed by atoms with Gasteiger partial charge in [0.05, 0.1) is 0 Å². The zero-order valence-corrected chi connectivity index (χ0v) is 13.7. The fourth-order valence-corrected chi connectivity index (χ4v) is 2.89. The average Bonchev–Trinajstić information content (AvgIpc) is 2.49. The van der Waals surface area contributed by atoms with Gasteiger partial charge in [-0.2, -0.15) is 0 Å². The van der Waals surface area contributed by atoms with Crippen molar-refractivity contribution in [3.8, 4) is 0 Å². The minimum Gasteiger partial charge on any atom is -0.307 e. The maximum Gasteiger partial charge on any atom is 0.0294 e. The van der Waals surface area contributed by atoms with Gasteiger partial charge in [0.25, 0.3) is 0 Å². The van der Waals surface area contributed by atoms with E-state index in [9.17, 15) is 0 Å². The Balaban J connectivity index is 2.01. The Labute approximate surface area is 130 Å². The molecule has 0 unspecified atom stereocenters. The van der Waals surface area contributed by atoms with Gasteiger partial charge < -0.3 is 5.32 Å². The number of nitrogens with one attached hydrogen (secondary N) is 1. The Hall–Kier alpha value is -1.12. The molecule has 0 aliphatic heterocycles. The lowest BCUT2D eigenvalue weighted by Crippen LogP contribution is -2.32. The summed E-state index contributed by atoms with van der Waals surface area (Å²) in [7, 11) is 0. The molecule has 2 heteroatoms. The number of halogens is 1. The zero-order valence-electron chi connectivity index (χ0n) is 12.1. The van der Waals surface area contributed by atoms with Gasteiger partial charge in [0.1, 0.15) is 0 Å². The van der Waals surface area contributed by atoms with Crippen LogP contribution in [0.2, 0.25) is 0 Å². The fourth-order valence-electron chi connectivity index (χ4n) is 2.44. The van der Waals surface area contributed by atoms with Crippen LogP contribution in [0.3, 0.4) is 0 Å². The van der Waals surface area contributed by atoms with Crippen molar-refractivity contribution in [2.24, 2.45) is 0 Å². The molecular weight excluding hydrogens is 310 g/mol. The van der Waals surface area contributed by atoms with Crippen molar-refractivity contribution in [1.29, 1.82) is 0 Å². The van der Waals surface area contributed by atoms with Crippen LogP contribution in [0.4, 0.5) is 0 Å². The van der Waals surface area contributed by atoms with E-state index in [1.807, 2.05) is 0 Å². The molecule has 1 nitrogen and oxygen atoms in total. The summed E-state index contributed by atoms with van der Waals surface area (Å²) in [6.07, 6.45) is 2.17. The lowest BCUT2D eigenvalue weighted by atomic mass is 10.0. The van der Waals surface area contributed by atoms with Gasteiger partial charge >= 0.3 is 0 Å². The van der Waals surface area contributed by atoms with Gasteiger partial charge in [0, 0.05) is 16.6 Å². The SMILES string of the molecule is CC[C@H](Cc1ccccc1Br)N[C@@H](C)c1ccccc1. The van der Waals surface area contributed by atoms with E-state index in [4.69, 9.17) is 0 Å². The largest absolute Gasteiger partial charge is 0.307 e. The smallest absolute Gasteiger partial charge is 0.0294 e. The van der Waals surface area contributed by atoms with Gasteiger partial charge in [-0.1, -0.05) is 71.4 Å². The van der Waals surface area contributed by atoms with E-state index in [2.05, 4.69) is 89.7 Å². The van der Waals surface area contributed by atoms with E-state index < -0.39 is 0 Å². The summed E-state index contributed by atoms with van der Waals surface area (Å²) in [6.45, 7) is 4.48. The standard InChI is InChI=1S/C18H22BrN/c1-3-17(13-16-11-7-8-12-18(16)19)20-14(2)15-9-5-4-6-10-15/h4-12,14,17,20H,3,13H2,1-2H3/t14-,17+/m0/s1. The molecule has 0 saturated heterocycles. The fraction of sp³-hybridized carbons (Fsp3) is 0.333. The molecule has 0 heterocycles. The highest BCUT2D eigenvalue weighted by Gasteiger charge is 2.13. The molecule has 1 N–H and O–H groups in total. The summed E-state index contributed by atoms with van der Waals surface area (Å²) in [5.74, 6) is 0. The van der Waals surface area contributed by atoms with Crippen molar-refractivity contribution in [1.82, 2.24) is 5.32 Å². The van der Waals surface area contributed by atoms with E-state index in [0.717, 1.165) is 12.8 Å². The van der Waals surface area contributed by atoms with Gasteiger partial charge in [-0.3, -0.25) is 0 Å². The molecule has 2 aromatic rings. The summed E-state index contributed by atoms with van der Waals surface area (Å²) in [5.41, 5.74) is 2.71. The van der Waals surface area contributed by atoms with Crippen LogP contribution in [-0.2, 0) is 6.42 Å². The molecule has 0 radical (unpaired) electrons. The third-order valence-electron chi connectivity index (χ3n) is 3.70. The molecule has 0 aliphatic carbocycles. The highest BCUT2D eigenvalue weighted by molar-refractivity contribution is 9.10. The minimum absolute atomic E-state index is 0.378. The van der Waals surface area contributed by atoms with Gasteiger partial charge in [-0.15, -0.1) is 0 Å². The third kappa shape index (κ3) is 4.19. The Morgan fingerprint density at radius 2 is 1.65 bits per heavy atom. The Morgan fingerprint density at radius 3 is 2.30 bits per heavy atom. The molecule has 2 atom stereocenters. The molecule has 2 aromatic carbocycles. The highest BCUT2D eigenvalue weighted by atomic mass is 79.9. The van der Waals surface area contributed by atoms with Crippen LogP contribution in [0.1, 0.15) is 37.4 Å². The summed E-state index contributed by atoms with van der Waals surface area (Å²) >= 11 is 3.64. The van der Waals surface area contributed by atoms with Crippen LogP contribution in [-0.4, -0.2) is 6.04 Å². The second-order valence-electron chi connectivity index (χ2n) is 5.20. The number of hydrogen-bond donors (Lipinski definition) is 1. The lowest BCUT2D eigenvalue weighted by molar-refractivity contribution is 0.439. The third-order valence-corrected chi connectivity index (χ3v) is 4.48. The van der Waals surface area contributed by atoms with Gasteiger partial charge in [0.2, 0.25) is 0 Å². The second kappa shape index (κ2) is 7.61. The predicted octanol–water partition coefficient (Wildman–Crippen LogP) is 5.12. The molecular formula is C18H22BrN. The van der Waals surface area contributed by atoms with Crippen LogP contribution in [0.15, 0.2) is 59.1 Å². The first-order chi connectivity index (χ1) is 9.70. The molecule has 0 aromatic heterocycles. The van der Waals surface area contributed by atoms with Crippen molar-refractivity contribution in [3.05, 3.63) is 70.2 Å². The highest BCUT2D eigenvalue weighted by Crippen LogP contribution is 2.20. The van der Waals surface area contributed by atoms with Gasteiger partial charge in [-0.25, -0.2) is 0 Å². The Morgan fingerprint density at radius 1 is 1.00 bits per heavy atom. The van der Waals surface area contributed by atoms with Crippen molar-refractivity contribution in [2.75, 3.05) is 0 Å². The lowest BCUT2D eigenvalue weighted by Gasteiger charge is -2.23. The molecule has 106 valence electrons. The van der Waals surface area contributed by atoms with Crippen LogP contribution in [0.5, 0.6) is 0 Å². The van der Waals surface area contributed by atoms with Crippen molar-refractivity contribution in [2.45, 2.75) is 38.8 Å². The zero-order chi connectivity index (χ0) is 14.4. The summed E-state index contributed by atoms with van der Waals surface area (Å²) in [5, 5.41) is 3.74. The summed E-state index contributed by atoms with van der Waals surface area (Å²) in [4.78, 5) is 0. The van der Waals surface area contributed by atoms with E-state index in [1.165, 1.54) is 15.6 Å². The minimum atomic E-state index is 0.378. The summed E-state index contributed by atoms with van der Waals surface area (Å²) < 4.78 is 1.20. The summed E-state index contributed by atoms with van der Waals surface area (Å²) in [6, 6.07) is 20.0. The first kappa shape index (κ1) is 15.3. The van der Waals surface area contributed by atoms with Crippen LogP contribution >= 0.6 is 15.9 Å². The quantitative estimate of drug-likeness (QED) is 0.774. The first-order valence-corrected chi connectivity index (χ1v) is 8.04. The van der Waals surface area contributed by atoms with Crippen LogP contribution < -0.4 is 5.32 Å². The van der Waals surface area contributed by atoms with Crippen LogP contribution in [0, 0.1) is 0 Å². The maximum atomic E-state index is 3.74. The molecule has 0 saturated carbocycles. The average molecular weight is 332 g/mol. The topological polar surface area (TPSA) is 12.0 Å². The number of rotatable bonds is 6. The normalized spacial score (nSPS) is 13.9. The van der Waals surface area contributed by atoms with Gasteiger partial charge in [0.15, 0.2) is 0 Å². The molecule has 0 aliphatic rings. The molecule has 2 rings (SSSR count). The van der Waals surface area contributed by atoms with E-state index in [-0.39, 0.29) is 0 Å². The molecule has 20 heavy (non-hydrogen) atoms. The van der Waals surface area contributed by atoms with Crippen molar-refractivity contribution >= 4 is 15.9 Å². The molecule has 0 spiro atoms. The second-order valence-corrected chi connectivity index (χ2v) is 6.05. The van der Waals surface area contributed by atoms with E-state index in [0.29, 0.717) is 12.1 Å². The number of benzene rings is 2.